The number of hydrogen-bond acceptors (Lipinski definition) is 4. The predicted molar refractivity (Wildman–Crippen MR) is 104 cm³/mol. The smallest absolute Gasteiger partial charge is 0.224 e. The summed E-state index contributed by atoms with van der Waals surface area (Å²) in [6, 6.07) is 12.0. The molecule has 0 spiro atoms. The fourth-order valence-corrected chi connectivity index (χ4v) is 4.05. The van der Waals surface area contributed by atoms with Gasteiger partial charge in [0.25, 0.3) is 0 Å². The molecule has 0 fully saturated rings. The van der Waals surface area contributed by atoms with Gasteiger partial charge in [0.05, 0.1) is 10.6 Å². The van der Waals surface area contributed by atoms with Gasteiger partial charge >= 0.3 is 0 Å². The van der Waals surface area contributed by atoms with Gasteiger partial charge in [0, 0.05) is 23.1 Å². The number of unbranched alkanes of at least 4 members (excludes halogenated alkanes) is 2. The van der Waals surface area contributed by atoms with Crippen LogP contribution in [0.4, 0.5) is 5.69 Å². The van der Waals surface area contributed by atoms with Crippen LogP contribution >= 0.6 is 22.7 Å². The molecule has 1 amide bonds. The molecule has 0 aliphatic heterocycles. The predicted octanol–water partition coefficient (Wildman–Crippen LogP) is 6.06. The molecule has 1 aromatic carbocycles. The van der Waals surface area contributed by atoms with Crippen molar-refractivity contribution in [3.8, 4) is 21.1 Å². The third-order valence-corrected chi connectivity index (χ3v) is 5.59. The number of carbonyl (C=O) groups excluding carboxylic acids is 1. The minimum atomic E-state index is 0.0878. The molecule has 0 saturated heterocycles. The molecule has 24 heavy (non-hydrogen) atoms. The van der Waals surface area contributed by atoms with Crippen molar-refractivity contribution in [1.29, 1.82) is 0 Å². The first kappa shape index (κ1) is 16.9. The van der Waals surface area contributed by atoms with Crippen LogP contribution in [0.5, 0.6) is 0 Å². The third kappa shape index (κ3) is 4.30. The Morgan fingerprint density at radius 3 is 2.67 bits per heavy atom. The van der Waals surface area contributed by atoms with Gasteiger partial charge in [0.15, 0.2) is 0 Å². The lowest BCUT2D eigenvalue weighted by Crippen LogP contribution is -2.10. The zero-order valence-corrected chi connectivity index (χ0v) is 15.3. The summed E-state index contributed by atoms with van der Waals surface area (Å²) in [6.07, 6.45) is 3.77. The number of nitrogens with zero attached hydrogens (tertiary/aromatic N) is 1. The van der Waals surface area contributed by atoms with Crippen LogP contribution in [0.2, 0.25) is 0 Å². The molecule has 3 rings (SSSR count). The van der Waals surface area contributed by atoms with Crippen LogP contribution in [0.25, 0.3) is 21.1 Å². The van der Waals surface area contributed by atoms with Crippen molar-refractivity contribution in [2.75, 3.05) is 5.32 Å². The molecule has 0 radical (unpaired) electrons. The van der Waals surface area contributed by atoms with E-state index in [2.05, 4.69) is 29.1 Å². The van der Waals surface area contributed by atoms with Crippen molar-refractivity contribution >= 4 is 34.3 Å². The first-order valence-electron chi connectivity index (χ1n) is 8.16. The van der Waals surface area contributed by atoms with E-state index in [0.717, 1.165) is 41.2 Å². The third-order valence-electron chi connectivity index (χ3n) is 3.71. The number of amides is 1. The van der Waals surface area contributed by atoms with Crippen molar-refractivity contribution in [1.82, 2.24) is 4.98 Å². The van der Waals surface area contributed by atoms with Crippen LogP contribution in [0.3, 0.4) is 0 Å². The van der Waals surface area contributed by atoms with Crippen LogP contribution in [-0.4, -0.2) is 10.9 Å². The first-order valence-corrected chi connectivity index (χ1v) is 9.92. The van der Waals surface area contributed by atoms with E-state index in [1.165, 1.54) is 4.88 Å². The maximum absolute atomic E-state index is 11.9. The van der Waals surface area contributed by atoms with Crippen molar-refractivity contribution in [3.05, 3.63) is 47.2 Å². The van der Waals surface area contributed by atoms with Gasteiger partial charge < -0.3 is 5.32 Å². The van der Waals surface area contributed by atoms with Gasteiger partial charge in [-0.2, -0.15) is 0 Å². The summed E-state index contributed by atoms with van der Waals surface area (Å²) >= 11 is 3.36. The standard InChI is InChI=1S/C19H20N2OS2/c1-2-3-4-7-18(22)20-15-10-8-14(9-11-15)16-13-24-19(21-16)17-6-5-12-23-17/h5-6,8-13H,2-4,7H2,1H3,(H,20,22). The van der Waals surface area contributed by atoms with E-state index in [4.69, 9.17) is 4.98 Å². The number of rotatable bonds is 7. The molecule has 124 valence electrons. The van der Waals surface area contributed by atoms with E-state index in [1.807, 2.05) is 30.3 Å². The fourth-order valence-electron chi connectivity index (χ4n) is 2.40. The summed E-state index contributed by atoms with van der Waals surface area (Å²) < 4.78 is 0. The van der Waals surface area contributed by atoms with Crippen LogP contribution < -0.4 is 5.32 Å². The van der Waals surface area contributed by atoms with E-state index in [1.54, 1.807) is 22.7 Å². The molecule has 1 N–H and O–H groups in total. The number of carbonyl (C=O) groups is 1. The molecule has 0 aliphatic carbocycles. The second kappa shape index (κ2) is 8.22. The van der Waals surface area contributed by atoms with E-state index < -0.39 is 0 Å². The SMILES string of the molecule is CCCCCC(=O)Nc1ccc(-c2csc(-c3cccs3)n2)cc1. The van der Waals surface area contributed by atoms with Crippen LogP contribution in [-0.2, 0) is 4.79 Å². The lowest BCUT2D eigenvalue weighted by Gasteiger charge is -2.05. The fraction of sp³-hybridized carbons (Fsp3) is 0.263. The number of nitrogens with one attached hydrogen (secondary N) is 1. The number of benzene rings is 1. The summed E-state index contributed by atoms with van der Waals surface area (Å²) in [6.45, 7) is 2.14. The number of thiazole rings is 1. The summed E-state index contributed by atoms with van der Waals surface area (Å²) in [7, 11) is 0. The highest BCUT2D eigenvalue weighted by Crippen LogP contribution is 2.31. The molecule has 5 heteroatoms. The molecule has 3 nitrogen and oxygen atoms in total. The van der Waals surface area contributed by atoms with Gasteiger partial charge in [-0.1, -0.05) is 38.0 Å². The Balaban J connectivity index is 1.63. The average Bonchev–Trinajstić information content (AvgIpc) is 3.27. The van der Waals surface area contributed by atoms with E-state index in [0.29, 0.717) is 6.42 Å². The van der Waals surface area contributed by atoms with Crippen molar-refractivity contribution in [3.63, 3.8) is 0 Å². The topological polar surface area (TPSA) is 42.0 Å². The quantitative estimate of drug-likeness (QED) is 0.523. The maximum Gasteiger partial charge on any atom is 0.224 e. The van der Waals surface area contributed by atoms with E-state index in [-0.39, 0.29) is 5.91 Å². The minimum Gasteiger partial charge on any atom is -0.326 e. The van der Waals surface area contributed by atoms with Gasteiger partial charge in [-0.3, -0.25) is 4.79 Å². The highest BCUT2D eigenvalue weighted by atomic mass is 32.1. The van der Waals surface area contributed by atoms with Crippen molar-refractivity contribution < 1.29 is 4.79 Å². The Morgan fingerprint density at radius 2 is 1.96 bits per heavy atom. The second-order valence-electron chi connectivity index (χ2n) is 5.60. The van der Waals surface area contributed by atoms with E-state index in [9.17, 15) is 4.79 Å². The molecule has 2 aromatic heterocycles. The molecule has 0 bridgehead atoms. The Bertz CT molecular complexity index is 776. The van der Waals surface area contributed by atoms with Gasteiger partial charge in [-0.25, -0.2) is 4.98 Å². The molecular weight excluding hydrogens is 336 g/mol. The lowest BCUT2D eigenvalue weighted by atomic mass is 10.1. The summed E-state index contributed by atoms with van der Waals surface area (Å²) in [5.41, 5.74) is 2.89. The van der Waals surface area contributed by atoms with Gasteiger partial charge in [-0.15, -0.1) is 22.7 Å². The normalized spacial score (nSPS) is 10.7. The van der Waals surface area contributed by atoms with Crippen molar-refractivity contribution in [2.24, 2.45) is 0 Å². The van der Waals surface area contributed by atoms with Crippen LogP contribution in [0, 0.1) is 0 Å². The average molecular weight is 357 g/mol. The molecule has 3 aromatic rings. The second-order valence-corrected chi connectivity index (χ2v) is 7.40. The van der Waals surface area contributed by atoms with Crippen LogP contribution in [0.15, 0.2) is 47.2 Å². The van der Waals surface area contributed by atoms with Crippen LogP contribution in [0.1, 0.15) is 32.6 Å². The Morgan fingerprint density at radius 1 is 1.12 bits per heavy atom. The zero-order valence-electron chi connectivity index (χ0n) is 13.6. The molecule has 0 saturated carbocycles. The largest absolute Gasteiger partial charge is 0.326 e. The van der Waals surface area contributed by atoms with Gasteiger partial charge in [-0.05, 0) is 30.0 Å². The van der Waals surface area contributed by atoms with Gasteiger partial charge in [0.1, 0.15) is 5.01 Å². The molecule has 0 aliphatic rings. The summed E-state index contributed by atoms with van der Waals surface area (Å²) in [5.74, 6) is 0.0878. The Hall–Kier alpha value is -1.98. The number of aromatic nitrogens is 1. The number of hydrogen-bond donors (Lipinski definition) is 1. The highest BCUT2D eigenvalue weighted by molar-refractivity contribution is 7.20. The number of anilines is 1. The maximum atomic E-state index is 11.9. The first-order chi connectivity index (χ1) is 11.8. The number of thiophene rings is 1. The summed E-state index contributed by atoms with van der Waals surface area (Å²) in [5, 5.41) is 8.14. The molecule has 2 heterocycles. The molecule has 0 unspecified atom stereocenters. The Kier molecular flexibility index (Phi) is 5.77. The highest BCUT2D eigenvalue weighted by Gasteiger charge is 2.08. The monoisotopic (exact) mass is 356 g/mol. The van der Waals surface area contributed by atoms with E-state index >= 15 is 0 Å². The zero-order chi connectivity index (χ0) is 16.8. The van der Waals surface area contributed by atoms with Gasteiger partial charge in [0.2, 0.25) is 5.91 Å². The van der Waals surface area contributed by atoms with Crippen molar-refractivity contribution in [2.45, 2.75) is 32.6 Å². The minimum absolute atomic E-state index is 0.0878. The Labute approximate surface area is 150 Å². The molecular formula is C19H20N2OS2. The summed E-state index contributed by atoms with van der Waals surface area (Å²) in [4.78, 5) is 17.8. The lowest BCUT2D eigenvalue weighted by molar-refractivity contribution is -0.116. The molecule has 0 atom stereocenters.